The third-order valence-corrected chi connectivity index (χ3v) is 11.3. The third kappa shape index (κ3) is 3.51. The lowest BCUT2D eigenvalue weighted by molar-refractivity contribution is -0.189. The Morgan fingerprint density at radius 3 is 2.63 bits per heavy atom. The third-order valence-electron chi connectivity index (χ3n) is 10.1. The lowest BCUT2D eigenvalue weighted by Gasteiger charge is -2.58. The predicted octanol–water partition coefficient (Wildman–Crippen LogP) is 4.81. The van der Waals surface area contributed by atoms with Gasteiger partial charge >= 0.3 is 11.9 Å². The van der Waals surface area contributed by atoms with Crippen LogP contribution in [0.15, 0.2) is 23.8 Å². The fourth-order valence-electron chi connectivity index (χ4n) is 8.27. The van der Waals surface area contributed by atoms with E-state index in [9.17, 15) is 19.2 Å². The molecule has 3 saturated carbocycles. The molecule has 5 aliphatic rings. The molecule has 0 aromatic heterocycles. The molecular formula is C28H36O6S. The largest absolute Gasteiger partial charge is 0.465 e. The van der Waals surface area contributed by atoms with Gasteiger partial charge in [-0.3, -0.25) is 19.2 Å². The molecule has 5 rings (SSSR count). The summed E-state index contributed by atoms with van der Waals surface area (Å²) >= 11 is 1.02. The summed E-state index contributed by atoms with van der Waals surface area (Å²) in [7, 11) is 0. The summed E-state index contributed by atoms with van der Waals surface area (Å²) < 4.78 is 11.3. The van der Waals surface area contributed by atoms with Crippen molar-refractivity contribution in [2.75, 3.05) is 6.61 Å². The normalized spacial score (nSPS) is 44.1. The van der Waals surface area contributed by atoms with Gasteiger partial charge in [0.05, 0.1) is 6.61 Å². The molecule has 0 aromatic rings. The van der Waals surface area contributed by atoms with Crippen LogP contribution in [0.3, 0.4) is 0 Å². The summed E-state index contributed by atoms with van der Waals surface area (Å²) in [5, 5.41) is -0.720. The first-order valence-electron chi connectivity index (χ1n) is 13.1. The van der Waals surface area contributed by atoms with Crippen molar-refractivity contribution in [3.63, 3.8) is 0 Å². The average molecular weight is 501 g/mol. The molecule has 190 valence electrons. The Kier molecular flexibility index (Phi) is 6.09. The minimum atomic E-state index is -1.25. The van der Waals surface area contributed by atoms with Crippen LogP contribution in [0.1, 0.15) is 72.6 Å². The van der Waals surface area contributed by atoms with Crippen molar-refractivity contribution in [2.24, 2.45) is 34.5 Å². The number of ketones is 1. The summed E-state index contributed by atoms with van der Waals surface area (Å²) in [5.74, 6) is 0.218. The number of rotatable bonds is 4. The Morgan fingerprint density at radius 1 is 1.17 bits per heavy atom. The van der Waals surface area contributed by atoms with Gasteiger partial charge in [-0.2, -0.15) is 0 Å². The predicted molar refractivity (Wildman–Crippen MR) is 132 cm³/mol. The molecule has 7 heteroatoms. The number of esters is 2. The zero-order valence-corrected chi connectivity index (χ0v) is 21.9. The van der Waals surface area contributed by atoms with Crippen LogP contribution in [0.2, 0.25) is 0 Å². The molecule has 0 aromatic carbocycles. The molecule has 1 heterocycles. The minimum absolute atomic E-state index is 0.0737. The topological polar surface area (TPSA) is 86.7 Å². The summed E-state index contributed by atoms with van der Waals surface area (Å²) in [4.78, 5) is 51.1. The maximum absolute atomic E-state index is 14.1. The van der Waals surface area contributed by atoms with Crippen molar-refractivity contribution in [3.8, 4) is 0 Å². The van der Waals surface area contributed by atoms with E-state index in [1.54, 1.807) is 13.0 Å². The molecule has 4 fully saturated rings. The van der Waals surface area contributed by atoms with Crippen LogP contribution >= 0.6 is 11.8 Å². The molecule has 8 atom stereocenters. The Morgan fingerprint density at radius 2 is 1.94 bits per heavy atom. The van der Waals surface area contributed by atoms with Crippen LogP contribution in [-0.4, -0.2) is 40.3 Å². The molecule has 1 saturated heterocycles. The van der Waals surface area contributed by atoms with Gasteiger partial charge < -0.3 is 9.47 Å². The molecule has 6 nitrogen and oxygen atoms in total. The van der Waals surface area contributed by atoms with E-state index in [0.717, 1.165) is 43.9 Å². The number of fused-ring (bicyclic) bond motifs is 5. The van der Waals surface area contributed by atoms with Gasteiger partial charge in [0.15, 0.2) is 11.4 Å². The monoisotopic (exact) mass is 500 g/mol. The van der Waals surface area contributed by atoms with E-state index >= 15 is 0 Å². The molecule has 0 amide bonds. The quantitative estimate of drug-likeness (QED) is 0.512. The van der Waals surface area contributed by atoms with Crippen molar-refractivity contribution in [2.45, 2.75) is 83.5 Å². The first-order chi connectivity index (χ1) is 16.6. The molecule has 1 unspecified atom stereocenters. The Balaban J connectivity index is 1.51. The summed E-state index contributed by atoms with van der Waals surface area (Å²) in [6.45, 7) is 8.54. The van der Waals surface area contributed by atoms with E-state index in [4.69, 9.17) is 9.47 Å². The summed E-state index contributed by atoms with van der Waals surface area (Å²) in [5.41, 5.74) is -0.662. The van der Waals surface area contributed by atoms with Gasteiger partial charge in [-0.05, 0) is 62.0 Å². The molecule has 1 aliphatic heterocycles. The van der Waals surface area contributed by atoms with Gasteiger partial charge in [0.25, 0.3) is 0 Å². The van der Waals surface area contributed by atoms with Gasteiger partial charge in [0.2, 0.25) is 5.12 Å². The highest BCUT2D eigenvalue weighted by atomic mass is 32.2. The lowest BCUT2D eigenvalue weighted by Crippen LogP contribution is -2.60. The fourth-order valence-corrected chi connectivity index (χ4v) is 9.56. The van der Waals surface area contributed by atoms with Crippen LogP contribution < -0.4 is 0 Å². The van der Waals surface area contributed by atoms with Crippen LogP contribution in [0.5, 0.6) is 0 Å². The van der Waals surface area contributed by atoms with Gasteiger partial charge in [0.1, 0.15) is 5.25 Å². The molecule has 4 aliphatic carbocycles. The number of allylic oxidation sites excluding steroid dienone is 4. The van der Waals surface area contributed by atoms with Crippen LogP contribution in [0.25, 0.3) is 0 Å². The number of cyclic esters (lactones) is 1. The number of thioether (sulfide) groups is 1. The second-order valence-electron chi connectivity index (χ2n) is 11.6. The molecule has 35 heavy (non-hydrogen) atoms. The molecule has 0 bridgehead atoms. The minimum Gasteiger partial charge on any atom is -0.465 e. The Bertz CT molecular complexity index is 1030. The highest BCUT2D eigenvalue weighted by molar-refractivity contribution is 8.14. The number of hydrogen-bond donors (Lipinski definition) is 0. The van der Waals surface area contributed by atoms with Gasteiger partial charge in [-0.15, -0.1) is 0 Å². The van der Waals surface area contributed by atoms with E-state index in [1.165, 1.54) is 5.57 Å². The van der Waals surface area contributed by atoms with E-state index in [2.05, 4.69) is 19.9 Å². The Labute approximate surface area is 211 Å². The second kappa shape index (κ2) is 8.60. The van der Waals surface area contributed by atoms with Gasteiger partial charge in [0, 0.05) is 29.6 Å². The first-order valence-corrected chi connectivity index (χ1v) is 14.0. The second-order valence-corrected chi connectivity index (χ2v) is 12.8. The van der Waals surface area contributed by atoms with Crippen molar-refractivity contribution in [1.29, 1.82) is 0 Å². The fraction of sp³-hybridized carbons (Fsp3) is 0.714. The number of carbonyl (C=O) groups excluding carboxylic acids is 4. The SMILES string of the molecule is CCC(=O)O[C@]1(C(=O)SC2CCOC2=O)[C@H](C)C[C@H]2[C@@H]3CCC4=CC(=O)C=C[C@]4(C)[C@H]3CC[C@@]21C. The zero-order chi connectivity index (χ0) is 25.2. The molecule has 0 N–H and O–H groups in total. The molecule has 0 spiro atoms. The first kappa shape index (κ1) is 24.8. The highest BCUT2D eigenvalue weighted by Crippen LogP contribution is 2.69. The lowest BCUT2D eigenvalue weighted by atomic mass is 9.47. The van der Waals surface area contributed by atoms with Crippen LogP contribution in [-0.2, 0) is 28.7 Å². The maximum Gasteiger partial charge on any atom is 0.319 e. The van der Waals surface area contributed by atoms with Crippen molar-refractivity contribution >= 4 is 34.6 Å². The van der Waals surface area contributed by atoms with Crippen molar-refractivity contribution in [1.82, 2.24) is 0 Å². The van der Waals surface area contributed by atoms with Gasteiger partial charge in [-0.25, -0.2) is 0 Å². The highest BCUT2D eigenvalue weighted by Gasteiger charge is 2.71. The average Bonchev–Trinajstić information content (AvgIpc) is 3.32. The van der Waals surface area contributed by atoms with E-state index in [-0.39, 0.29) is 46.5 Å². The number of hydrogen-bond acceptors (Lipinski definition) is 7. The van der Waals surface area contributed by atoms with E-state index in [0.29, 0.717) is 24.9 Å². The van der Waals surface area contributed by atoms with Crippen LogP contribution in [0, 0.1) is 34.5 Å². The summed E-state index contributed by atoms with van der Waals surface area (Å²) in [6, 6.07) is 0. The number of carbonyl (C=O) groups is 4. The summed E-state index contributed by atoms with van der Waals surface area (Å²) in [6.07, 6.45) is 10.7. The number of ether oxygens (including phenoxy) is 2. The van der Waals surface area contributed by atoms with E-state index < -0.39 is 16.3 Å². The molecular weight excluding hydrogens is 464 g/mol. The molecule has 0 radical (unpaired) electrons. The standard InChI is InChI=1S/C28H36O6S/c1-5-23(30)34-28(25(32)35-22-10-13-33-24(22)31)16(2)14-21-19-7-6-17-15-18(29)8-11-26(17,3)20(19)9-12-27(21,28)4/h8,11,15-16,19-22H,5-7,9-10,12-14H2,1-4H3/t16-,19-,20+,21+,22?,26+,27+,28+/m1/s1. The van der Waals surface area contributed by atoms with Crippen molar-refractivity contribution < 1.29 is 28.7 Å². The Hall–Kier alpha value is -1.89. The van der Waals surface area contributed by atoms with Crippen molar-refractivity contribution in [3.05, 3.63) is 23.8 Å². The van der Waals surface area contributed by atoms with Gasteiger partial charge in [-0.1, -0.05) is 51.1 Å². The smallest absolute Gasteiger partial charge is 0.319 e. The maximum atomic E-state index is 14.1. The van der Waals surface area contributed by atoms with E-state index in [1.807, 2.05) is 13.0 Å². The van der Waals surface area contributed by atoms with Crippen LogP contribution in [0.4, 0.5) is 0 Å². The zero-order valence-electron chi connectivity index (χ0n) is 21.1.